The lowest BCUT2D eigenvalue weighted by Gasteiger charge is -2.07. The Morgan fingerprint density at radius 1 is 1.29 bits per heavy atom. The number of primary sulfonamides is 1. The number of halogens is 1. The molecule has 0 spiro atoms. The number of benzene rings is 1. The molecule has 1 heterocycles. The molecule has 1 aromatic heterocycles. The van der Waals surface area contributed by atoms with E-state index in [0.717, 1.165) is 0 Å². The van der Waals surface area contributed by atoms with Crippen LogP contribution in [0.15, 0.2) is 35.5 Å². The van der Waals surface area contributed by atoms with E-state index in [1.54, 1.807) is 13.0 Å². The zero-order valence-corrected chi connectivity index (χ0v) is 12.6. The van der Waals surface area contributed by atoms with Crippen molar-refractivity contribution in [2.75, 3.05) is 0 Å². The number of hydrogen-bond acceptors (Lipinski definition) is 5. The fourth-order valence-electron chi connectivity index (χ4n) is 1.79. The molecule has 0 aliphatic rings. The second-order valence-electron chi connectivity index (χ2n) is 4.46. The fourth-order valence-corrected chi connectivity index (χ4v) is 2.54. The number of hydrogen-bond donors (Lipinski definition) is 1. The van der Waals surface area contributed by atoms with Crippen LogP contribution in [0.2, 0.25) is 5.15 Å². The van der Waals surface area contributed by atoms with E-state index in [9.17, 15) is 13.2 Å². The average molecular weight is 326 g/mol. The van der Waals surface area contributed by atoms with Crippen LogP contribution in [-0.4, -0.2) is 24.2 Å². The number of rotatable bonds is 4. The zero-order valence-electron chi connectivity index (χ0n) is 11.1. The first kappa shape index (κ1) is 15.6. The van der Waals surface area contributed by atoms with Crippen molar-refractivity contribution in [1.82, 2.24) is 9.97 Å². The lowest BCUT2D eigenvalue weighted by Crippen LogP contribution is -2.13. The van der Waals surface area contributed by atoms with Crippen molar-refractivity contribution in [3.8, 4) is 0 Å². The quantitative estimate of drug-likeness (QED) is 0.678. The van der Waals surface area contributed by atoms with Crippen LogP contribution in [0.5, 0.6) is 0 Å². The smallest absolute Gasteiger partial charge is 0.238 e. The molecule has 0 saturated heterocycles. The van der Waals surface area contributed by atoms with E-state index in [-0.39, 0.29) is 27.9 Å². The first-order valence-corrected chi connectivity index (χ1v) is 7.83. The molecule has 110 valence electrons. The maximum atomic E-state index is 12.1. The van der Waals surface area contributed by atoms with Gasteiger partial charge < -0.3 is 0 Å². The molecule has 0 amide bonds. The van der Waals surface area contributed by atoms with Crippen molar-refractivity contribution in [3.05, 3.63) is 52.6 Å². The Kier molecular flexibility index (Phi) is 4.36. The maximum absolute atomic E-state index is 12.1. The minimum Gasteiger partial charge on any atom is -0.292 e. The van der Waals surface area contributed by atoms with Crippen LogP contribution < -0.4 is 5.14 Å². The number of aromatic nitrogens is 2. The molecular weight excluding hydrogens is 314 g/mol. The van der Waals surface area contributed by atoms with Crippen molar-refractivity contribution in [1.29, 1.82) is 0 Å². The van der Waals surface area contributed by atoms with E-state index < -0.39 is 10.0 Å². The lowest BCUT2D eigenvalue weighted by molar-refractivity contribution is 0.0988. The summed E-state index contributed by atoms with van der Waals surface area (Å²) >= 11 is 5.71. The highest BCUT2D eigenvalue weighted by molar-refractivity contribution is 7.89. The molecule has 0 unspecified atom stereocenters. The first-order chi connectivity index (χ1) is 9.77. The maximum Gasteiger partial charge on any atom is 0.238 e. The van der Waals surface area contributed by atoms with Crippen molar-refractivity contribution in [3.63, 3.8) is 0 Å². The molecule has 2 aromatic rings. The molecule has 8 heteroatoms. The number of aryl methyl sites for hydroxylation is 1. The summed E-state index contributed by atoms with van der Waals surface area (Å²) in [5, 5.41) is 5.25. The molecule has 21 heavy (non-hydrogen) atoms. The second kappa shape index (κ2) is 5.88. The van der Waals surface area contributed by atoms with E-state index in [1.807, 2.05) is 0 Å². The van der Waals surface area contributed by atoms with Crippen molar-refractivity contribution < 1.29 is 13.2 Å². The summed E-state index contributed by atoms with van der Waals surface area (Å²) in [5.74, 6) is -0.231. The second-order valence-corrected chi connectivity index (χ2v) is 6.41. The SMILES string of the molecule is Cc1cc(S(N)(=O)=O)ccc1CC(=O)c1cc(Cl)ncn1. The van der Waals surface area contributed by atoms with Gasteiger partial charge in [0.15, 0.2) is 5.78 Å². The Balaban J connectivity index is 2.26. The monoisotopic (exact) mass is 325 g/mol. The van der Waals surface area contributed by atoms with Gasteiger partial charge in [-0.25, -0.2) is 23.5 Å². The van der Waals surface area contributed by atoms with Crippen LogP contribution in [0, 0.1) is 6.92 Å². The molecule has 0 saturated carbocycles. The van der Waals surface area contributed by atoms with Gasteiger partial charge in [0.2, 0.25) is 10.0 Å². The molecule has 0 bridgehead atoms. The Morgan fingerprint density at radius 2 is 2.00 bits per heavy atom. The standard InChI is InChI=1S/C13H12ClN3O3S/c1-8-4-10(21(15,19)20)3-2-9(8)5-12(18)11-6-13(14)17-7-16-11/h2-4,6-7H,5H2,1H3,(H2,15,19,20). The number of sulfonamides is 1. The number of nitrogens with zero attached hydrogens (tertiary/aromatic N) is 2. The van der Waals surface area contributed by atoms with Gasteiger partial charge in [-0.05, 0) is 30.2 Å². The highest BCUT2D eigenvalue weighted by Gasteiger charge is 2.14. The Bertz CT molecular complexity index is 806. The van der Waals surface area contributed by atoms with E-state index in [2.05, 4.69) is 9.97 Å². The minimum absolute atomic E-state index is 0.0151. The highest BCUT2D eigenvalue weighted by Crippen LogP contribution is 2.16. The number of carbonyl (C=O) groups excluding carboxylic acids is 1. The predicted molar refractivity (Wildman–Crippen MR) is 77.6 cm³/mol. The van der Waals surface area contributed by atoms with Crippen molar-refractivity contribution >= 4 is 27.4 Å². The van der Waals surface area contributed by atoms with Crippen LogP contribution >= 0.6 is 11.6 Å². The minimum atomic E-state index is -3.75. The normalized spacial score (nSPS) is 11.4. The molecule has 1 aromatic carbocycles. The Morgan fingerprint density at radius 3 is 2.57 bits per heavy atom. The molecule has 2 rings (SSSR count). The summed E-state index contributed by atoms with van der Waals surface area (Å²) in [6.45, 7) is 1.71. The van der Waals surface area contributed by atoms with Gasteiger partial charge in [-0.1, -0.05) is 17.7 Å². The average Bonchev–Trinajstić information content (AvgIpc) is 2.39. The van der Waals surface area contributed by atoms with Crippen LogP contribution in [0.3, 0.4) is 0 Å². The van der Waals surface area contributed by atoms with Gasteiger partial charge in [0.25, 0.3) is 0 Å². The summed E-state index contributed by atoms with van der Waals surface area (Å²) in [4.78, 5) is 19.7. The predicted octanol–water partition coefficient (Wildman–Crippen LogP) is 1.51. The Labute approximate surface area is 127 Å². The summed E-state index contributed by atoms with van der Waals surface area (Å²) in [6, 6.07) is 5.76. The van der Waals surface area contributed by atoms with Gasteiger partial charge in [0.1, 0.15) is 17.2 Å². The topological polar surface area (TPSA) is 103 Å². The van der Waals surface area contributed by atoms with Crippen LogP contribution in [0.1, 0.15) is 21.6 Å². The molecule has 6 nitrogen and oxygen atoms in total. The summed E-state index contributed by atoms with van der Waals surface area (Å²) < 4.78 is 22.5. The third-order valence-corrected chi connectivity index (χ3v) is 4.03. The number of ketones is 1. The van der Waals surface area contributed by atoms with Gasteiger partial charge >= 0.3 is 0 Å². The largest absolute Gasteiger partial charge is 0.292 e. The molecule has 0 fully saturated rings. The van der Waals surface area contributed by atoms with Crippen LogP contribution in [-0.2, 0) is 16.4 Å². The molecule has 2 N–H and O–H groups in total. The van der Waals surface area contributed by atoms with Gasteiger partial charge in [-0.3, -0.25) is 4.79 Å². The molecular formula is C13H12ClN3O3S. The van der Waals surface area contributed by atoms with E-state index in [0.29, 0.717) is 11.1 Å². The molecule has 0 aliphatic heterocycles. The number of nitrogens with two attached hydrogens (primary N) is 1. The van der Waals surface area contributed by atoms with Crippen LogP contribution in [0.25, 0.3) is 0 Å². The van der Waals surface area contributed by atoms with Crippen molar-refractivity contribution in [2.24, 2.45) is 5.14 Å². The molecule has 0 atom stereocenters. The van der Waals surface area contributed by atoms with E-state index >= 15 is 0 Å². The number of Topliss-reactive ketones (excluding diaryl/α,β-unsaturated/α-hetero) is 1. The van der Waals surface area contributed by atoms with Gasteiger partial charge in [0.05, 0.1) is 4.90 Å². The van der Waals surface area contributed by atoms with Crippen molar-refractivity contribution in [2.45, 2.75) is 18.2 Å². The first-order valence-electron chi connectivity index (χ1n) is 5.90. The third-order valence-electron chi connectivity index (χ3n) is 2.91. The Hall–Kier alpha value is -1.83. The van der Waals surface area contributed by atoms with Crippen LogP contribution in [0.4, 0.5) is 0 Å². The number of carbonyl (C=O) groups is 1. The van der Waals surface area contributed by atoms with E-state index in [4.69, 9.17) is 16.7 Å². The highest BCUT2D eigenvalue weighted by atomic mass is 35.5. The zero-order chi connectivity index (χ0) is 15.6. The summed E-state index contributed by atoms with van der Waals surface area (Å²) in [5.41, 5.74) is 1.57. The fraction of sp³-hybridized carbons (Fsp3) is 0.154. The lowest BCUT2D eigenvalue weighted by atomic mass is 10.0. The molecule has 0 radical (unpaired) electrons. The van der Waals surface area contributed by atoms with Gasteiger partial charge in [-0.15, -0.1) is 0 Å². The van der Waals surface area contributed by atoms with Gasteiger partial charge in [0, 0.05) is 12.5 Å². The molecule has 0 aliphatic carbocycles. The third kappa shape index (κ3) is 3.84. The summed E-state index contributed by atoms with van der Waals surface area (Å²) in [6.07, 6.45) is 1.30. The summed E-state index contributed by atoms with van der Waals surface area (Å²) in [7, 11) is -3.75. The van der Waals surface area contributed by atoms with E-state index in [1.165, 1.54) is 24.5 Å². The van der Waals surface area contributed by atoms with Gasteiger partial charge in [-0.2, -0.15) is 0 Å².